The van der Waals surface area contributed by atoms with Crippen molar-refractivity contribution in [3.05, 3.63) is 29.6 Å². The second-order valence-corrected chi connectivity index (χ2v) is 3.78. The molecule has 3 nitrogen and oxygen atoms in total. The van der Waals surface area contributed by atoms with Crippen LogP contribution in [0.5, 0.6) is 5.75 Å². The van der Waals surface area contributed by atoms with Gasteiger partial charge in [-0.05, 0) is 37.1 Å². The number of unbranched alkanes of at least 4 members (excludes halogenated alkanes) is 1. The number of methoxy groups -OCH3 is 1. The van der Waals surface area contributed by atoms with Gasteiger partial charge in [0, 0.05) is 6.04 Å². The molecule has 0 aromatic heterocycles. The van der Waals surface area contributed by atoms with Crippen molar-refractivity contribution in [1.29, 1.82) is 0 Å². The lowest BCUT2D eigenvalue weighted by Crippen LogP contribution is -2.11. The molecule has 0 amide bonds. The largest absolute Gasteiger partial charge is 0.494 e. The Morgan fingerprint density at radius 1 is 1.38 bits per heavy atom. The monoisotopic (exact) mass is 226 g/mol. The van der Waals surface area contributed by atoms with Crippen molar-refractivity contribution in [1.82, 2.24) is 0 Å². The van der Waals surface area contributed by atoms with Gasteiger partial charge in [-0.3, -0.25) is 0 Å². The highest BCUT2D eigenvalue weighted by atomic mass is 19.1. The maximum atomic E-state index is 13.2. The highest BCUT2D eigenvalue weighted by Crippen LogP contribution is 2.23. The zero-order valence-electron chi connectivity index (χ0n) is 9.58. The van der Waals surface area contributed by atoms with Gasteiger partial charge < -0.3 is 16.2 Å². The van der Waals surface area contributed by atoms with E-state index in [2.05, 4.69) is 0 Å². The quantitative estimate of drug-likeness (QED) is 0.729. The molecule has 0 aliphatic heterocycles. The predicted octanol–water partition coefficient (Wildman–Crippen LogP) is 1.96. The van der Waals surface area contributed by atoms with E-state index in [0.717, 1.165) is 24.8 Å². The lowest BCUT2D eigenvalue weighted by atomic mass is 10.0. The molecule has 4 N–H and O–H groups in total. The van der Waals surface area contributed by atoms with E-state index in [4.69, 9.17) is 16.2 Å². The Labute approximate surface area is 95.6 Å². The van der Waals surface area contributed by atoms with Crippen LogP contribution in [0.25, 0.3) is 0 Å². The molecule has 0 heterocycles. The number of benzene rings is 1. The van der Waals surface area contributed by atoms with E-state index >= 15 is 0 Å². The van der Waals surface area contributed by atoms with Gasteiger partial charge in [0.15, 0.2) is 11.6 Å². The van der Waals surface area contributed by atoms with E-state index in [1.54, 1.807) is 12.1 Å². The standard InChI is InChI=1S/C12H19FN2O/c1-16-12-8-9(5-6-10(12)13)11(15)4-2-3-7-14/h5-6,8,11H,2-4,7,14-15H2,1H3/t11-/m0/s1. The molecule has 4 heteroatoms. The molecule has 1 rings (SSSR count). The van der Waals surface area contributed by atoms with Gasteiger partial charge in [-0.1, -0.05) is 12.5 Å². The Morgan fingerprint density at radius 3 is 2.75 bits per heavy atom. The first-order valence-electron chi connectivity index (χ1n) is 5.48. The Balaban J connectivity index is 2.64. The van der Waals surface area contributed by atoms with Crippen molar-refractivity contribution in [3.8, 4) is 5.75 Å². The minimum atomic E-state index is -0.361. The molecule has 0 bridgehead atoms. The smallest absolute Gasteiger partial charge is 0.165 e. The Kier molecular flexibility index (Phi) is 5.22. The second-order valence-electron chi connectivity index (χ2n) is 3.78. The predicted molar refractivity (Wildman–Crippen MR) is 62.8 cm³/mol. The fourth-order valence-corrected chi connectivity index (χ4v) is 1.58. The molecule has 1 aromatic rings. The summed E-state index contributed by atoms with van der Waals surface area (Å²) in [5, 5.41) is 0. The normalized spacial score (nSPS) is 12.5. The van der Waals surface area contributed by atoms with E-state index < -0.39 is 0 Å². The van der Waals surface area contributed by atoms with Gasteiger partial charge >= 0.3 is 0 Å². The molecule has 1 atom stereocenters. The van der Waals surface area contributed by atoms with E-state index in [9.17, 15) is 4.39 Å². The van der Waals surface area contributed by atoms with E-state index in [0.29, 0.717) is 6.54 Å². The van der Waals surface area contributed by atoms with Gasteiger partial charge in [0.05, 0.1) is 7.11 Å². The topological polar surface area (TPSA) is 61.3 Å². The number of halogens is 1. The molecule has 0 fully saturated rings. The number of nitrogens with two attached hydrogens (primary N) is 2. The Bertz CT molecular complexity index is 331. The number of hydrogen-bond donors (Lipinski definition) is 2. The van der Waals surface area contributed by atoms with Gasteiger partial charge in [-0.2, -0.15) is 0 Å². The molecule has 16 heavy (non-hydrogen) atoms. The van der Waals surface area contributed by atoms with Crippen LogP contribution in [0.15, 0.2) is 18.2 Å². The maximum Gasteiger partial charge on any atom is 0.165 e. The van der Waals surface area contributed by atoms with Crippen LogP contribution in [0.1, 0.15) is 30.9 Å². The van der Waals surface area contributed by atoms with Gasteiger partial charge in [0.1, 0.15) is 0 Å². The molecular formula is C12H19FN2O. The van der Waals surface area contributed by atoms with E-state index in [1.807, 2.05) is 0 Å². The molecule has 0 saturated heterocycles. The first kappa shape index (κ1) is 12.9. The molecule has 0 spiro atoms. The van der Waals surface area contributed by atoms with Crippen molar-refractivity contribution in [2.45, 2.75) is 25.3 Å². The summed E-state index contributed by atoms with van der Waals surface area (Å²) >= 11 is 0. The highest BCUT2D eigenvalue weighted by Gasteiger charge is 2.09. The molecule has 0 radical (unpaired) electrons. The van der Waals surface area contributed by atoms with E-state index in [-0.39, 0.29) is 17.6 Å². The van der Waals surface area contributed by atoms with Gasteiger partial charge in [0.25, 0.3) is 0 Å². The molecular weight excluding hydrogens is 207 g/mol. The Hall–Kier alpha value is -1.13. The Morgan fingerprint density at radius 2 is 2.12 bits per heavy atom. The van der Waals surface area contributed by atoms with Crippen molar-refractivity contribution in [2.75, 3.05) is 13.7 Å². The SMILES string of the molecule is COc1cc([C@@H](N)CCCCN)ccc1F. The average molecular weight is 226 g/mol. The van der Waals surface area contributed by atoms with Crippen molar-refractivity contribution in [3.63, 3.8) is 0 Å². The zero-order valence-corrected chi connectivity index (χ0v) is 9.58. The number of hydrogen-bond acceptors (Lipinski definition) is 3. The summed E-state index contributed by atoms with van der Waals surface area (Å²) in [5.41, 5.74) is 12.3. The van der Waals surface area contributed by atoms with Crippen molar-refractivity contribution < 1.29 is 9.13 Å². The minimum absolute atomic E-state index is 0.0824. The second kappa shape index (κ2) is 6.45. The summed E-state index contributed by atoms with van der Waals surface area (Å²) < 4.78 is 18.1. The maximum absolute atomic E-state index is 13.2. The van der Waals surface area contributed by atoms with Crippen LogP contribution in [0.3, 0.4) is 0 Å². The number of rotatable bonds is 6. The summed E-state index contributed by atoms with van der Waals surface area (Å²) in [7, 11) is 1.45. The molecule has 0 aliphatic carbocycles. The first-order valence-corrected chi connectivity index (χ1v) is 5.48. The lowest BCUT2D eigenvalue weighted by Gasteiger charge is -2.13. The van der Waals surface area contributed by atoms with Crippen LogP contribution in [0.2, 0.25) is 0 Å². The summed E-state index contributed by atoms with van der Waals surface area (Å²) in [6, 6.07) is 4.66. The van der Waals surface area contributed by atoms with Crippen LogP contribution in [0.4, 0.5) is 4.39 Å². The van der Waals surface area contributed by atoms with E-state index in [1.165, 1.54) is 13.2 Å². The third-order valence-electron chi connectivity index (χ3n) is 2.57. The highest BCUT2D eigenvalue weighted by molar-refractivity contribution is 5.31. The van der Waals surface area contributed by atoms with Crippen LogP contribution < -0.4 is 16.2 Å². The average Bonchev–Trinajstić information content (AvgIpc) is 2.30. The molecule has 0 saturated carbocycles. The summed E-state index contributed by atoms with van der Waals surface area (Å²) in [6.07, 6.45) is 2.80. The van der Waals surface area contributed by atoms with Gasteiger partial charge in [0.2, 0.25) is 0 Å². The minimum Gasteiger partial charge on any atom is -0.494 e. The van der Waals surface area contributed by atoms with Crippen LogP contribution in [-0.2, 0) is 0 Å². The molecule has 0 unspecified atom stereocenters. The summed E-state index contributed by atoms with van der Waals surface area (Å²) in [4.78, 5) is 0. The third-order valence-corrected chi connectivity index (χ3v) is 2.57. The molecule has 90 valence electrons. The van der Waals surface area contributed by atoms with Gasteiger partial charge in [-0.25, -0.2) is 4.39 Å². The van der Waals surface area contributed by atoms with Crippen molar-refractivity contribution in [2.24, 2.45) is 11.5 Å². The fourth-order valence-electron chi connectivity index (χ4n) is 1.58. The van der Waals surface area contributed by atoms with Crippen LogP contribution in [-0.4, -0.2) is 13.7 Å². The van der Waals surface area contributed by atoms with Crippen LogP contribution in [0, 0.1) is 5.82 Å². The summed E-state index contributed by atoms with van der Waals surface area (Å²) in [5.74, 6) is -0.118. The van der Waals surface area contributed by atoms with Crippen LogP contribution >= 0.6 is 0 Å². The first-order chi connectivity index (χ1) is 7.69. The zero-order chi connectivity index (χ0) is 12.0. The number of ether oxygens (including phenoxy) is 1. The fraction of sp³-hybridized carbons (Fsp3) is 0.500. The third kappa shape index (κ3) is 3.47. The lowest BCUT2D eigenvalue weighted by molar-refractivity contribution is 0.385. The van der Waals surface area contributed by atoms with Crippen molar-refractivity contribution >= 4 is 0 Å². The molecule has 0 aliphatic rings. The summed E-state index contributed by atoms with van der Waals surface area (Å²) in [6.45, 7) is 0.680. The molecule has 1 aromatic carbocycles. The van der Waals surface area contributed by atoms with Gasteiger partial charge in [-0.15, -0.1) is 0 Å².